The van der Waals surface area contributed by atoms with Crippen LogP contribution in [0.5, 0.6) is 0 Å². The Balaban J connectivity index is 1.73. The molecule has 1 aliphatic heterocycles. The molecular weight excluding hydrogens is 388 g/mol. The van der Waals surface area contributed by atoms with Gasteiger partial charge in [0.05, 0.1) is 0 Å². The minimum Gasteiger partial charge on any atom is -0.326 e. The minimum atomic E-state index is -0.189. The van der Waals surface area contributed by atoms with Crippen molar-refractivity contribution in [1.29, 1.82) is 0 Å². The van der Waals surface area contributed by atoms with Crippen LogP contribution >= 0.6 is 0 Å². The van der Waals surface area contributed by atoms with Crippen molar-refractivity contribution in [3.8, 4) is 0 Å². The average Bonchev–Trinajstić information content (AvgIpc) is 2.74. The average molecular weight is 417 g/mol. The molecule has 1 atom stereocenters. The molecule has 4 rings (SSSR count). The van der Waals surface area contributed by atoms with Gasteiger partial charge in [0.25, 0.3) is 0 Å². The lowest BCUT2D eigenvalue weighted by molar-refractivity contribution is -0.120. The summed E-state index contributed by atoms with van der Waals surface area (Å²) >= 11 is 0. The number of nitrogens with zero attached hydrogens (tertiary/aromatic N) is 1. The molecule has 1 N–H and O–H groups in total. The van der Waals surface area contributed by atoms with E-state index in [4.69, 9.17) is 0 Å². The third-order valence-corrected chi connectivity index (χ3v) is 6.13. The van der Waals surface area contributed by atoms with E-state index in [1.807, 2.05) is 12.1 Å². The Labute approximate surface area is 183 Å². The van der Waals surface area contributed by atoms with E-state index in [0.717, 1.165) is 28.9 Å². The first-order valence-electron chi connectivity index (χ1n) is 10.9. The SMILES string of the molecule is CC(=O)Nc1ccc(N2C(=O)CC(c3ccc(C(C)C)cc3)C3=C2CCCC3=O)cc1. The van der Waals surface area contributed by atoms with Gasteiger partial charge in [-0.25, -0.2) is 0 Å². The lowest BCUT2D eigenvalue weighted by Crippen LogP contribution is -2.40. The number of ketones is 1. The Bertz CT molecular complexity index is 1050. The number of rotatable bonds is 4. The highest BCUT2D eigenvalue weighted by molar-refractivity contribution is 6.07. The fourth-order valence-corrected chi connectivity index (χ4v) is 4.59. The third-order valence-electron chi connectivity index (χ3n) is 6.13. The van der Waals surface area contributed by atoms with E-state index >= 15 is 0 Å². The van der Waals surface area contributed by atoms with Gasteiger partial charge in [0.2, 0.25) is 11.8 Å². The van der Waals surface area contributed by atoms with Crippen LogP contribution in [0.1, 0.15) is 69.4 Å². The summed E-state index contributed by atoms with van der Waals surface area (Å²) in [4.78, 5) is 39.3. The molecule has 5 nitrogen and oxygen atoms in total. The van der Waals surface area contributed by atoms with Gasteiger partial charge in [-0.3, -0.25) is 19.3 Å². The molecule has 5 heteroatoms. The van der Waals surface area contributed by atoms with Gasteiger partial charge >= 0.3 is 0 Å². The summed E-state index contributed by atoms with van der Waals surface area (Å²) in [5.74, 6) is 0.247. The van der Waals surface area contributed by atoms with E-state index in [1.165, 1.54) is 12.5 Å². The number of hydrogen-bond donors (Lipinski definition) is 1. The summed E-state index contributed by atoms with van der Waals surface area (Å²) in [6.45, 7) is 5.76. The molecule has 1 aliphatic carbocycles. The maximum absolute atomic E-state index is 13.3. The van der Waals surface area contributed by atoms with Crippen LogP contribution in [0.2, 0.25) is 0 Å². The second kappa shape index (κ2) is 8.50. The van der Waals surface area contributed by atoms with Gasteiger partial charge in [0, 0.05) is 48.3 Å². The molecule has 0 radical (unpaired) electrons. The molecule has 2 aliphatic rings. The fraction of sp³-hybridized carbons (Fsp3) is 0.346. The first-order valence-corrected chi connectivity index (χ1v) is 10.9. The number of nitrogens with one attached hydrogen (secondary N) is 1. The first-order chi connectivity index (χ1) is 14.8. The van der Waals surface area contributed by atoms with Gasteiger partial charge in [0.1, 0.15) is 0 Å². The Kier molecular flexibility index (Phi) is 5.77. The molecule has 0 bridgehead atoms. The number of anilines is 2. The van der Waals surface area contributed by atoms with Gasteiger partial charge < -0.3 is 5.32 Å². The Morgan fingerprint density at radius 3 is 2.29 bits per heavy atom. The molecule has 2 aromatic rings. The van der Waals surface area contributed by atoms with E-state index in [1.54, 1.807) is 17.0 Å². The second-order valence-electron chi connectivity index (χ2n) is 8.67. The molecule has 0 aromatic heterocycles. The van der Waals surface area contributed by atoms with Crippen LogP contribution in [0.25, 0.3) is 0 Å². The van der Waals surface area contributed by atoms with Crippen molar-refractivity contribution in [3.63, 3.8) is 0 Å². The molecule has 1 unspecified atom stereocenters. The highest BCUT2D eigenvalue weighted by atomic mass is 16.2. The molecule has 160 valence electrons. The predicted octanol–water partition coefficient (Wildman–Crippen LogP) is 5.30. The number of carbonyl (C=O) groups is 3. The van der Waals surface area contributed by atoms with Gasteiger partial charge in [-0.15, -0.1) is 0 Å². The van der Waals surface area contributed by atoms with Crippen molar-refractivity contribution < 1.29 is 14.4 Å². The van der Waals surface area contributed by atoms with Gasteiger partial charge in [0.15, 0.2) is 5.78 Å². The van der Waals surface area contributed by atoms with Crippen LogP contribution in [0, 0.1) is 0 Å². The van der Waals surface area contributed by atoms with Crippen LogP contribution in [0.3, 0.4) is 0 Å². The summed E-state index contributed by atoms with van der Waals surface area (Å²) in [6.07, 6.45) is 2.27. The third kappa shape index (κ3) is 4.18. The van der Waals surface area contributed by atoms with Crippen molar-refractivity contribution in [2.45, 2.75) is 58.3 Å². The Morgan fingerprint density at radius 2 is 1.68 bits per heavy atom. The summed E-state index contributed by atoms with van der Waals surface area (Å²) in [6, 6.07) is 15.6. The van der Waals surface area contributed by atoms with Crippen molar-refractivity contribution in [3.05, 3.63) is 70.9 Å². The highest BCUT2D eigenvalue weighted by Crippen LogP contribution is 2.43. The van der Waals surface area contributed by atoms with Gasteiger partial charge in [-0.05, 0) is 54.2 Å². The molecule has 0 spiro atoms. The predicted molar refractivity (Wildman–Crippen MR) is 122 cm³/mol. The van der Waals surface area contributed by atoms with Crippen LogP contribution in [0.15, 0.2) is 59.8 Å². The Morgan fingerprint density at radius 1 is 1.00 bits per heavy atom. The smallest absolute Gasteiger partial charge is 0.232 e. The second-order valence-corrected chi connectivity index (χ2v) is 8.67. The van der Waals surface area contributed by atoms with Crippen LogP contribution < -0.4 is 10.2 Å². The monoisotopic (exact) mass is 416 g/mol. The lowest BCUT2D eigenvalue weighted by Gasteiger charge is -2.38. The number of amides is 2. The van der Waals surface area contributed by atoms with Crippen molar-refractivity contribution in [1.82, 2.24) is 0 Å². The van der Waals surface area contributed by atoms with E-state index in [2.05, 4.69) is 43.4 Å². The number of allylic oxidation sites excluding steroid dienone is 2. The summed E-state index contributed by atoms with van der Waals surface area (Å²) in [7, 11) is 0. The van der Waals surface area contributed by atoms with Crippen LogP contribution in [0.4, 0.5) is 11.4 Å². The zero-order valence-corrected chi connectivity index (χ0v) is 18.3. The molecular formula is C26H28N2O3. The molecule has 0 saturated carbocycles. The quantitative estimate of drug-likeness (QED) is 0.736. The van der Waals surface area contributed by atoms with E-state index in [9.17, 15) is 14.4 Å². The normalized spacial score (nSPS) is 19.0. The summed E-state index contributed by atoms with van der Waals surface area (Å²) in [5, 5.41) is 2.74. The zero-order valence-electron chi connectivity index (χ0n) is 18.3. The maximum Gasteiger partial charge on any atom is 0.232 e. The summed E-state index contributed by atoms with van der Waals surface area (Å²) in [5.41, 5.74) is 5.30. The lowest BCUT2D eigenvalue weighted by atomic mass is 9.77. The van der Waals surface area contributed by atoms with Crippen LogP contribution in [-0.2, 0) is 14.4 Å². The number of carbonyl (C=O) groups excluding carboxylic acids is 3. The Hall–Kier alpha value is -3.21. The molecule has 0 fully saturated rings. The molecule has 2 aromatic carbocycles. The van der Waals surface area contributed by atoms with E-state index in [0.29, 0.717) is 24.4 Å². The summed E-state index contributed by atoms with van der Waals surface area (Å²) < 4.78 is 0. The minimum absolute atomic E-state index is 0.00124. The maximum atomic E-state index is 13.3. The van der Waals surface area contributed by atoms with Crippen LogP contribution in [-0.4, -0.2) is 17.6 Å². The molecule has 1 heterocycles. The van der Waals surface area contributed by atoms with Gasteiger partial charge in [-0.1, -0.05) is 38.1 Å². The molecule has 31 heavy (non-hydrogen) atoms. The number of hydrogen-bond acceptors (Lipinski definition) is 3. The van der Waals surface area contributed by atoms with E-state index in [-0.39, 0.29) is 29.9 Å². The highest BCUT2D eigenvalue weighted by Gasteiger charge is 2.39. The van der Waals surface area contributed by atoms with Crippen molar-refractivity contribution in [2.75, 3.05) is 10.2 Å². The van der Waals surface area contributed by atoms with Crippen molar-refractivity contribution >= 4 is 29.0 Å². The number of benzene rings is 2. The standard InChI is InChI=1S/C26H28N2O3/c1-16(2)18-7-9-19(10-8-18)22-15-25(31)28(23-5-4-6-24(30)26(22)23)21-13-11-20(12-14-21)27-17(3)29/h7-14,16,22H,4-6,15H2,1-3H3,(H,27,29). The molecule has 0 saturated heterocycles. The number of Topliss-reactive ketones (excluding diaryl/α,β-unsaturated/α-hetero) is 1. The largest absolute Gasteiger partial charge is 0.326 e. The van der Waals surface area contributed by atoms with E-state index < -0.39 is 0 Å². The fourth-order valence-electron chi connectivity index (χ4n) is 4.59. The van der Waals surface area contributed by atoms with Gasteiger partial charge in [-0.2, -0.15) is 0 Å². The first kappa shape index (κ1) is 21.0. The van der Waals surface area contributed by atoms with Crippen molar-refractivity contribution in [2.24, 2.45) is 0 Å². The molecule has 2 amide bonds. The zero-order chi connectivity index (χ0) is 22.1. The topological polar surface area (TPSA) is 66.5 Å².